The average Bonchev–Trinajstić information content (AvgIpc) is 2.89. The van der Waals surface area contributed by atoms with Gasteiger partial charge in [0.05, 0.1) is 11.4 Å². The fraction of sp³-hybridized carbons (Fsp3) is 0.212. The van der Waals surface area contributed by atoms with Crippen LogP contribution in [0.3, 0.4) is 0 Å². The molecule has 0 aliphatic carbocycles. The third kappa shape index (κ3) is 8.19. The van der Waals surface area contributed by atoms with Crippen molar-refractivity contribution < 1.29 is 0 Å². The van der Waals surface area contributed by atoms with Gasteiger partial charge in [-0.25, -0.2) is 0 Å². The Morgan fingerprint density at radius 1 is 0.457 bits per heavy atom. The number of nitrogens with zero attached hydrogens (tertiary/aromatic N) is 2. The molecule has 0 unspecified atom stereocenters. The molecule has 0 heterocycles. The zero-order valence-corrected chi connectivity index (χ0v) is 20.8. The molecule has 0 aliphatic rings. The summed E-state index contributed by atoms with van der Waals surface area (Å²) in [5.74, 6) is 0. The van der Waals surface area contributed by atoms with Gasteiger partial charge >= 0.3 is 0 Å². The molecule has 2 nitrogen and oxygen atoms in total. The van der Waals surface area contributed by atoms with Crippen molar-refractivity contribution in [2.45, 2.75) is 46.0 Å². The molecule has 35 heavy (non-hydrogen) atoms. The highest BCUT2D eigenvalue weighted by atomic mass is 14.7. The van der Waals surface area contributed by atoms with Crippen LogP contribution in [0, 0.1) is 13.8 Å². The first-order chi connectivity index (χ1) is 17.1. The summed E-state index contributed by atoms with van der Waals surface area (Å²) in [6.45, 7) is 4.20. The van der Waals surface area contributed by atoms with Crippen LogP contribution in [0.2, 0.25) is 0 Å². The van der Waals surface area contributed by atoms with Crippen LogP contribution in [0.5, 0.6) is 0 Å². The second-order valence-corrected chi connectivity index (χ2v) is 9.23. The maximum absolute atomic E-state index is 4.59. The summed E-state index contributed by atoms with van der Waals surface area (Å²) in [5, 5.41) is 0. The van der Waals surface area contributed by atoms with Gasteiger partial charge in [0.15, 0.2) is 0 Å². The van der Waals surface area contributed by atoms with E-state index >= 15 is 0 Å². The van der Waals surface area contributed by atoms with Gasteiger partial charge < -0.3 is 0 Å². The zero-order chi connectivity index (χ0) is 24.3. The molecular weight excluding hydrogens is 424 g/mol. The fourth-order valence-corrected chi connectivity index (χ4v) is 3.94. The summed E-state index contributed by atoms with van der Waals surface area (Å²) in [5.41, 5.74) is 9.56. The number of hydrogen-bond donors (Lipinski definition) is 0. The molecule has 0 bridgehead atoms. The van der Waals surface area contributed by atoms with Crippen molar-refractivity contribution in [1.82, 2.24) is 0 Å². The largest absolute Gasteiger partial charge is 0.256 e. The predicted octanol–water partition coefficient (Wildman–Crippen LogP) is 8.76. The lowest BCUT2D eigenvalue weighted by Gasteiger charge is -2.04. The maximum Gasteiger partial charge on any atom is 0.0630 e. The average molecular weight is 459 g/mol. The van der Waals surface area contributed by atoms with E-state index in [9.17, 15) is 0 Å². The molecule has 0 radical (unpaired) electrons. The van der Waals surface area contributed by atoms with Crippen LogP contribution in [-0.4, -0.2) is 12.4 Å². The van der Waals surface area contributed by atoms with Gasteiger partial charge in [-0.2, -0.15) is 0 Å². The Balaban J connectivity index is 1.15. The van der Waals surface area contributed by atoms with Crippen LogP contribution in [0.25, 0.3) is 0 Å². The third-order valence-electron chi connectivity index (χ3n) is 6.18. The van der Waals surface area contributed by atoms with E-state index in [1.807, 2.05) is 12.4 Å². The third-order valence-corrected chi connectivity index (χ3v) is 6.18. The van der Waals surface area contributed by atoms with E-state index < -0.39 is 0 Å². The van der Waals surface area contributed by atoms with Crippen molar-refractivity contribution in [1.29, 1.82) is 0 Å². The SMILES string of the molecule is Cc1ccc(C=Nc2ccc(CCCCCc3ccc(N=Cc4ccc(C)cc4)cc3)cc2)cc1. The van der Waals surface area contributed by atoms with E-state index in [4.69, 9.17) is 0 Å². The van der Waals surface area contributed by atoms with Crippen molar-refractivity contribution in [2.24, 2.45) is 9.98 Å². The fourth-order valence-electron chi connectivity index (χ4n) is 3.94. The standard InChI is InChI=1S/C33H34N2/c1-26-8-12-30(13-9-26)24-34-32-20-16-28(17-21-32)6-4-3-5-7-29-18-22-33(23-19-29)35-25-31-14-10-27(2)11-15-31/h8-25H,3-7H2,1-2H3. The molecule has 4 aromatic carbocycles. The Labute approximate surface area is 210 Å². The molecule has 0 aliphatic heterocycles. The minimum atomic E-state index is 1.00. The van der Waals surface area contributed by atoms with E-state index in [-0.39, 0.29) is 0 Å². The number of aliphatic imine (C=N–C) groups is 2. The molecule has 176 valence electrons. The summed E-state index contributed by atoms with van der Waals surface area (Å²) in [6, 6.07) is 34.1. The Kier molecular flexibility index (Phi) is 8.78. The Hall–Kier alpha value is -3.78. The van der Waals surface area contributed by atoms with Crippen molar-refractivity contribution in [3.63, 3.8) is 0 Å². The molecule has 0 amide bonds. The lowest BCUT2D eigenvalue weighted by atomic mass is 10.0. The van der Waals surface area contributed by atoms with Gasteiger partial charge in [-0.15, -0.1) is 0 Å². The smallest absolute Gasteiger partial charge is 0.0630 e. The first-order valence-electron chi connectivity index (χ1n) is 12.5. The van der Waals surface area contributed by atoms with Gasteiger partial charge in [0.1, 0.15) is 0 Å². The van der Waals surface area contributed by atoms with Crippen molar-refractivity contribution in [2.75, 3.05) is 0 Å². The Morgan fingerprint density at radius 2 is 0.829 bits per heavy atom. The number of hydrogen-bond acceptors (Lipinski definition) is 2. The molecule has 4 rings (SSSR count). The van der Waals surface area contributed by atoms with E-state index in [0.717, 1.165) is 35.3 Å². The van der Waals surface area contributed by atoms with Gasteiger partial charge in [0.2, 0.25) is 0 Å². The molecule has 4 aromatic rings. The van der Waals surface area contributed by atoms with Gasteiger partial charge in [0.25, 0.3) is 0 Å². The number of benzene rings is 4. The monoisotopic (exact) mass is 458 g/mol. The maximum atomic E-state index is 4.59. The number of unbranched alkanes of at least 4 members (excludes halogenated alkanes) is 2. The molecule has 2 heteroatoms. The van der Waals surface area contributed by atoms with Crippen LogP contribution in [0.1, 0.15) is 52.6 Å². The lowest BCUT2D eigenvalue weighted by Crippen LogP contribution is -1.89. The lowest BCUT2D eigenvalue weighted by molar-refractivity contribution is 0.678. The first-order valence-corrected chi connectivity index (χ1v) is 12.5. The minimum Gasteiger partial charge on any atom is -0.256 e. The summed E-state index contributed by atoms with van der Waals surface area (Å²) in [4.78, 5) is 9.19. The zero-order valence-electron chi connectivity index (χ0n) is 20.8. The number of rotatable bonds is 10. The van der Waals surface area contributed by atoms with Crippen LogP contribution < -0.4 is 0 Å². The normalized spacial score (nSPS) is 11.5. The Bertz CT molecular complexity index is 1130. The Morgan fingerprint density at radius 3 is 1.20 bits per heavy atom. The van der Waals surface area contributed by atoms with Gasteiger partial charge in [-0.3, -0.25) is 9.98 Å². The van der Waals surface area contributed by atoms with Gasteiger partial charge in [0, 0.05) is 12.4 Å². The van der Waals surface area contributed by atoms with Gasteiger partial charge in [-0.05, 0) is 86.1 Å². The van der Waals surface area contributed by atoms with E-state index in [1.54, 1.807) is 0 Å². The topological polar surface area (TPSA) is 24.7 Å². The minimum absolute atomic E-state index is 1.00. The van der Waals surface area contributed by atoms with Crippen LogP contribution in [0.15, 0.2) is 107 Å². The summed E-state index contributed by atoms with van der Waals surface area (Å²) in [6.07, 6.45) is 9.76. The second-order valence-electron chi connectivity index (χ2n) is 9.23. The van der Waals surface area contributed by atoms with E-state index in [2.05, 4.69) is 121 Å². The molecule has 0 aromatic heterocycles. The molecule has 0 saturated heterocycles. The second kappa shape index (κ2) is 12.6. The molecule has 0 atom stereocenters. The quantitative estimate of drug-likeness (QED) is 0.168. The number of aryl methyl sites for hydroxylation is 4. The van der Waals surface area contributed by atoms with Crippen molar-refractivity contribution in [3.8, 4) is 0 Å². The van der Waals surface area contributed by atoms with Gasteiger partial charge in [-0.1, -0.05) is 90.3 Å². The van der Waals surface area contributed by atoms with Crippen LogP contribution in [0.4, 0.5) is 11.4 Å². The summed E-state index contributed by atoms with van der Waals surface area (Å²) in [7, 11) is 0. The molecular formula is C33H34N2. The van der Waals surface area contributed by atoms with Crippen molar-refractivity contribution in [3.05, 3.63) is 130 Å². The molecule has 0 fully saturated rings. The highest BCUT2D eigenvalue weighted by Crippen LogP contribution is 2.18. The van der Waals surface area contributed by atoms with E-state index in [1.165, 1.54) is 41.5 Å². The summed E-state index contributed by atoms with van der Waals surface area (Å²) >= 11 is 0. The molecule has 0 spiro atoms. The highest BCUT2D eigenvalue weighted by molar-refractivity contribution is 5.82. The van der Waals surface area contributed by atoms with Crippen molar-refractivity contribution >= 4 is 23.8 Å². The highest BCUT2D eigenvalue weighted by Gasteiger charge is 1.98. The van der Waals surface area contributed by atoms with E-state index in [0.29, 0.717) is 0 Å². The molecule has 0 saturated carbocycles. The van der Waals surface area contributed by atoms with Crippen LogP contribution in [-0.2, 0) is 12.8 Å². The van der Waals surface area contributed by atoms with Crippen LogP contribution >= 0.6 is 0 Å². The summed E-state index contributed by atoms with van der Waals surface area (Å²) < 4.78 is 0. The molecule has 0 N–H and O–H groups in total. The predicted molar refractivity (Wildman–Crippen MR) is 151 cm³/mol. The first kappa shape index (κ1) is 24.3.